The van der Waals surface area contributed by atoms with E-state index in [1.165, 1.54) is 17.5 Å². The molecular formula is C8H11ClN2O2S. The number of ether oxygens (including phenoxy) is 1. The van der Waals surface area contributed by atoms with Crippen LogP contribution >= 0.6 is 22.9 Å². The van der Waals surface area contributed by atoms with E-state index < -0.39 is 0 Å². The number of likely N-dealkylation sites (N-methyl/N-ethyl adjacent to an activating group) is 1. The molecule has 0 saturated heterocycles. The van der Waals surface area contributed by atoms with Gasteiger partial charge in [-0.2, -0.15) is 0 Å². The molecule has 0 saturated carbocycles. The molecule has 1 aromatic heterocycles. The number of carbonyl (C=O) groups is 1. The summed E-state index contributed by atoms with van der Waals surface area (Å²) in [5, 5.41) is 0. The van der Waals surface area contributed by atoms with Crippen LogP contribution in [0.4, 0.5) is 0 Å². The molecule has 6 heteroatoms. The second-order valence-electron chi connectivity index (χ2n) is 2.70. The maximum Gasteiger partial charge on any atom is 0.265 e. The van der Waals surface area contributed by atoms with E-state index in [1.807, 2.05) is 0 Å². The van der Waals surface area contributed by atoms with Gasteiger partial charge in [-0.1, -0.05) is 22.9 Å². The molecule has 0 unspecified atom stereocenters. The first-order valence-electron chi connectivity index (χ1n) is 4.01. The maximum absolute atomic E-state index is 11.6. The molecule has 0 aliphatic heterocycles. The van der Waals surface area contributed by atoms with Crippen LogP contribution in [-0.2, 0) is 4.74 Å². The first kappa shape index (κ1) is 11.4. The summed E-state index contributed by atoms with van der Waals surface area (Å²) in [4.78, 5) is 17.6. The molecule has 1 aromatic rings. The SMILES string of the molecule is COCCN(C)C(=O)c1cnc(Cl)s1. The third kappa shape index (κ3) is 2.94. The highest BCUT2D eigenvalue weighted by atomic mass is 35.5. The van der Waals surface area contributed by atoms with E-state index in [1.54, 1.807) is 19.1 Å². The predicted molar refractivity (Wildman–Crippen MR) is 56.0 cm³/mol. The molecule has 4 nitrogen and oxygen atoms in total. The van der Waals surface area contributed by atoms with E-state index in [0.717, 1.165) is 0 Å². The van der Waals surface area contributed by atoms with Crippen molar-refractivity contribution in [3.05, 3.63) is 15.5 Å². The van der Waals surface area contributed by atoms with Crippen LogP contribution in [-0.4, -0.2) is 43.1 Å². The Morgan fingerprint density at radius 3 is 3.00 bits per heavy atom. The standard InChI is InChI=1S/C8H11ClN2O2S/c1-11(3-4-13-2)7(12)6-5-10-8(9)14-6/h5H,3-4H2,1-2H3. The lowest BCUT2D eigenvalue weighted by atomic mass is 10.4. The molecular weight excluding hydrogens is 224 g/mol. The summed E-state index contributed by atoms with van der Waals surface area (Å²) in [6.45, 7) is 1.08. The van der Waals surface area contributed by atoms with Crippen LogP contribution in [0.15, 0.2) is 6.20 Å². The summed E-state index contributed by atoms with van der Waals surface area (Å²) >= 11 is 6.81. The molecule has 0 radical (unpaired) electrons. The Kier molecular flexibility index (Phi) is 4.31. The van der Waals surface area contributed by atoms with Crippen molar-refractivity contribution >= 4 is 28.8 Å². The van der Waals surface area contributed by atoms with E-state index in [0.29, 0.717) is 22.5 Å². The minimum Gasteiger partial charge on any atom is -0.383 e. The zero-order valence-electron chi connectivity index (χ0n) is 7.99. The summed E-state index contributed by atoms with van der Waals surface area (Å²) in [7, 11) is 3.32. The van der Waals surface area contributed by atoms with Crippen LogP contribution < -0.4 is 0 Å². The Hall–Kier alpha value is -0.650. The van der Waals surface area contributed by atoms with Gasteiger partial charge in [0.05, 0.1) is 12.8 Å². The Balaban J connectivity index is 2.56. The van der Waals surface area contributed by atoms with Crippen LogP contribution in [0, 0.1) is 0 Å². The molecule has 0 aliphatic carbocycles. The fourth-order valence-corrected chi connectivity index (χ4v) is 1.80. The van der Waals surface area contributed by atoms with Crippen molar-refractivity contribution in [1.29, 1.82) is 0 Å². The van der Waals surface area contributed by atoms with Crippen molar-refractivity contribution in [2.45, 2.75) is 0 Å². The smallest absolute Gasteiger partial charge is 0.265 e. The van der Waals surface area contributed by atoms with Crippen LogP contribution in [0.5, 0.6) is 0 Å². The molecule has 0 spiro atoms. The van der Waals surface area contributed by atoms with Crippen molar-refractivity contribution in [2.75, 3.05) is 27.3 Å². The largest absolute Gasteiger partial charge is 0.383 e. The lowest BCUT2D eigenvalue weighted by Gasteiger charge is -2.14. The highest BCUT2D eigenvalue weighted by Gasteiger charge is 2.13. The van der Waals surface area contributed by atoms with Crippen molar-refractivity contribution in [1.82, 2.24) is 9.88 Å². The van der Waals surface area contributed by atoms with Crippen molar-refractivity contribution in [3.63, 3.8) is 0 Å². The Bertz CT molecular complexity index is 316. The van der Waals surface area contributed by atoms with E-state index in [-0.39, 0.29) is 5.91 Å². The molecule has 0 bridgehead atoms. The second-order valence-corrected chi connectivity index (χ2v) is 4.31. The normalized spacial score (nSPS) is 10.2. The summed E-state index contributed by atoms with van der Waals surface area (Å²) in [5.41, 5.74) is 0. The number of halogens is 1. The summed E-state index contributed by atoms with van der Waals surface area (Å²) in [5.74, 6) is -0.0774. The second kappa shape index (κ2) is 5.29. The van der Waals surface area contributed by atoms with Crippen LogP contribution in [0.3, 0.4) is 0 Å². The fourth-order valence-electron chi connectivity index (χ4n) is 0.870. The van der Waals surface area contributed by atoms with E-state index >= 15 is 0 Å². The van der Waals surface area contributed by atoms with Gasteiger partial charge in [-0.3, -0.25) is 4.79 Å². The zero-order valence-corrected chi connectivity index (χ0v) is 9.56. The minimum absolute atomic E-state index is 0.0774. The highest BCUT2D eigenvalue weighted by Crippen LogP contribution is 2.18. The number of nitrogens with zero attached hydrogens (tertiary/aromatic N) is 2. The van der Waals surface area contributed by atoms with Gasteiger partial charge in [0.25, 0.3) is 5.91 Å². The summed E-state index contributed by atoms with van der Waals surface area (Å²) < 4.78 is 5.25. The molecule has 0 N–H and O–H groups in total. The lowest BCUT2D eigenvalue weighted by Crippen LogP contribution is -2.29. The monoisotopic (exact) mass is 234 g/mol. The number of aromatic nitrogens is 1. The van der Waals surface area contributed by atoms with Crippen molar-refractivity contribution in [2.24, 2.45) is 0 Å². The Labute approximate surface area is 91.5 Å². The van der Waals surface area contributed by atoms with Crippen LogP contribution in [0.1, 0.15) is 9.67 Å². The van der Waals surface area contributed by atoms with Gasteiger partial charge in [0, 0.05) is 20.7 Å². The zero-order chi connectivity index (χ0) is 10.6. The van der Waals surface area contributed by atoms with E-state index in [4.69, 9.17) is 16.3 Å². The first-order chi connectivity index (χ1) is 6.65. The molecule has 1 amide bonds. The number of thiazole rings is 1. The Morgan fingerprint density at radius 1 is 1.79 bits per heavy atom. The number of amides is 1. The third-order valence-electron chi connectivity index (χ3n) is 1.67. The summed E-state index contributed by atoms with van der Waals surface area (Å²) in [6, 6.07) is 0. The fraction of sp³-hybridized carbons (Fsp3) is 0.500. The molecule has 14 heavy (non-hydrogen) atoms. The molecule has 0 aromatic carbocycles. The number of rotatable bonds is 4. The van der Waals surface area contributed by atoms with Gasteiger partial charge in [0.1, 0.15) is 4.88 Å². The number of carbonyl (C=O) groups excluding carboxylic acids is 1. The van der Waals surface area contributed by atoms with Crippen molar-refractivity contribution in [3.8, 4) is 0 Å². The average Bonchev–Trinajstić information content (AvgIpc) is 2.60. The van der Waals surface area contributed by atoms with Gasteiger partial charge >= 0.3 is 0 Å². The lowest BCUT2D eigenvalue weighted by molar-refractivity contribution is 0.0748. The molecule has 78 valence electrons. The van der Waals surface area contributed by atoms with E-state index in [2.05, 4.69) is 4.98 Å². The minimum atomic E-state index is -0.0774. The molecule has 0 fully saturated rings. The van der Waals surface area contributed by atoms with Gasteiger partial charge < -0.3 is 9.64 Å². The van der Waals surface area contributed by atoms with Crippen LogP contribution in [0.2, 0.25) is 4.47 Å². The highest BCUT2D eigenvalue weighted by molar-refractivity contribution is 7.17. The molecule has 1 heterocycles. The van der Waals surface area contributed by atoms with Gasteiger partial charge in [-0.25, -0.2) is 4.98 Å². The summed E-state index contributed by atoms with van der Waals surface area (Å²) in [6.07, 6.45) is 1.48. The van der Waals surface area contributed by atoms with Crippen LogP contribution in [0.25, 0.3) is 0 Å². The first-order valence-corrected chi connectivity index (χ1v) is 5.20. The van der Waals surface area contributed by atoms with Crippen molar-refractivity contribution < 1.29 is 9.53 Å². The predicted octanol–water partition coefficient (Wildman–Crippen LogP) is 1.51. The molecule has 1 rings (SSSR count). The molecule has 0 aliphatic rings. The van der Waals surface area contributed by atoms with Gasteiger partial charge in [0.2, 0.25) is 0 Å². The molecule has 0 atom stereocenters. The number of methoxy groups -OCH3 is 1. The quantitative estimate of drug-likeness (QED) is 0.793. The van der Waals surface area contributed by atoms with E-state index in [9.17, 15) is 4.79 Å². The maximum atomic E-state index is 11.6. The average molecular weight is 235 g/mol. The Morgan fingerprint density at radius 2 is 2.50 bits per heavy atom. The van der Waals surface area contributed by atoms with Gasteiger partial charge in [-0.05, 0) is 0 Å². The topological polar surface area (TPSA) is 42.4 Å². The number of hydrogen-bond donors (Lipinski definition) is 0. The third-order valence-corrected chi connectivity index (χ3v) is 2.77. The van der Waals surface area contributed by atoms with Gasteiger partial charge in [-0.15, -0.1) is 0 Å². The number of hydrogen-bond acceptors (Lipinski definition) is 4. The van der Waals surface area contributed by atoms with Gasteiger partial charge in [0.15, 0.2) is 4.47 Å².